The molecule has 3 rings (SSSR count). The highest BCUT2D eigenvalue weighted by molar-refractivity contribution is 5.82. The number of carbonyl (C=O) groups excluding carboxylic acids is 1. The van der Waals surface area contributed by atoms with E-state index in [4.69, 9.17) is 4.74 Å². The van der Waals surface area contributed by atoms with Gasteiger partial charge in [0.15, 0.2) is 0 Å². The number of piperazine rings is 1. The van der Waals surface area contributed by atoms with Crippen molar-refractivity contribution in [1.82, 2.24) is 15.1 Å². The number of hydrogen-bond acceptors (Lipinski definition) is 5. The van der Waals surface area contributed by atoms with Crippen molar-refractivity contribution in [3.05, 3.63) is 30.3 Å². The second-order valence-corrected chi connectivity index (χ2v) is 6.55. The summed E-state index contributed by atoms with van der Waals surface area (Å²) in [5.41, 5.74) is 0. The van der Waals surface area contributed by atoms with Crippen LogP contribution in [0.25, 0.3) is 0 Å². The minimum atomic E-state index is -0.524. The Bertz CT molecular complexity index is 512. The largest absolute Gasteiger partial charge is 0.491 e. The van der Waals surface area contributed by atoms with E-state index < -0.39 is 6.10 Å². The van der Waals surface area contributed by atoms with Gasteiger partial charge < -0.3 is 20.1 Å². The van der Waals surface area contributed by atoms with E-state index in [0.717, 1.165) is 51.3 Å². The summed E-state index contributed by atoms with van der Waals surface area (Å²) >= 11 is 0. The molecule has 0 aromatic heterocycles. The first-order chi connectivity index (χ1) is 11.7. The monoisotopic (exact) mass is 333 g/mol. The van der Waals surface area contributed by atoms with Gasteiger partial charge in [-0.25, -0.2) is 0 Å². The molecule has 2 atom stereocenters. The smallest absolute Gasteiger partial charge is 0.239 e. The minimum absolute atomic E-state index is 0.0152. The topological polar surface area (TPSA) is 65.0 Å². The molecule has 132 valence electrons. The molecule has 2 heterocycles. The Labute approximate surface area is 143 Å². The molecule has 2 N–H and O–H groups in total. The lowest BCUT2D eigenvalue weighted by atomic mass is 10.2. The van der Waals surface area contributed by atoms with Crippen LogP contribution in [0.4, 0.5) is 0 Å². The van der Waals surface area contributed by atoms with Crippen molar-refractivity contribution in [2.24, 2.45) is 0 Å². The Morgan fingerprint density at radius 1 is 1.25 bits per heavy atom. The van der Waals surface area contributed by atoms with E-state index in [1.165, 1.54) is 0 Å². The average Bonchev–Trinajstić information content (AvgIpc) is 3.16. The third-order valence-corrected chi connectivity index (χ3v) is 4.70. The van der Waals surface area contributed by atoms with Crippen LogP contribution in [0.2, 0.25) is 0 Å². The molecule has 24 heavy (non-hydrogen) atoms. The predicted octanol–water partition coefficient (Wildman–Crippen LogP) is 0.323. The fraction of sp³-hybridized carbons (Fsp3) is 0.611. The van der Waals surface area contributed by atoms with Gasteiger partial charge in [0.05, 0.1) is 6.04 Å². The summed E-state index contributed by atoms with van der Waals surface area (Å²) in [5.74, 6) is 1.01. The van der Waals surface area contributed by atoms with E-state index in [1.807, 2.05) is 35.2 Å². The number of benzene rings is 1. The second-order valence-electron chi connectivity index (χ2n) is 6.55. The fourth-order valence-electron chi connectivity index (χ4n) is 3.33. The van der Waals surface area contributed by atoms with Gasteiger partial charge in [0, 0.05) is 32.7 Å². The normalized spacial score (nSPS) is 23.2. The lowest BCUT2D eigenvalue weighted by Gasteiger charge is -2.36. The Morgan fingerprint density at radius 3 is 2.67 bits per heavy atom. The highest BCUT2D eigenvalue weighted by Gasteiger charge is 2.29. The third kappa shape index (κ3) is 4.69. The fourth-order valence-corrected chi connectivity index (χ4v) is 3.33. The molecule has 1 unspecified atom stereocenters. The van der Waals surface area contributed by atoms with Gasteiger partial charge in [-0.1, -0.05) is 18.2 Å². The van der Waals surface area contributed by atoms with E-state index in [9.17, 15) is 9.90 Å². The molecule has 6 heteroatoms. The second kappa shape index (κ2) is 8.46. The van der Waals surface area contributed by atoms with Crippen molar-refractivity contribution in [2.45, 2.75) is 25.0 Å². The zero-order chi connectivity index (χ0) is 16.8. The number of nitrogens with one attached hydrogen (secondary N) is 1. The molecule has 0 aliphatic carbocycles. The summed E-state index contributed by atoms with van der Waals surface area (Å²) < 4.78 is 5.59. The quantitative estimate of drug-likeness (QED) is 0.785. The molecule has 2 saturated heterocycles. The molecule has 1 aromatic carbocycles. The van der Waals surface area contributed by atoms with E-state index in [-0.39, 0.29) is 18.6 Å². The van der Waals surface area contributed by atoms with Crippen molar-refractivity contribution in [2.75, 3.05) is 45.9 Å². The molecule has 1 aromatic rings. The number of nitrogens with zero attached hydrogens (tertiary/aromatic N) is 2. The van der Waals surface area contributed by atoms with E-state index in [0.29, 0.717) is 6.54 Å². The molecule has 0 saturated carbocycles. The lowest BCUT2D eigenvalue weighted by Crippen LogP contribution is -2.54. The number of hydrogen-bond donors (Lipinski definition) is 2. The Hall–Kier alpha value is -1.63. The summed E-state index contributed by atoms with van der Waals surface area (Å²) in [6.45, 7) is 4.91. The van der Waals surface area contributed by atoms with Crippen LogP contribution in [0.15, 0.2) is 30.3 Å². The van der Waals surface area contributed by atoms with E-state index >= 15 is 0 Å². The maximum atomic E-state index is 12.4. The number of aliphatic hydroxyl groups is 1. The summed E-state index contributed by atoms with van der Waals surface area (Å²) in [4.78, 5) is 16.5. The average molecular weight is 333 g/mol. The van der Waals surface area contributed by atoms with Gasteiger partial charge in [-0.05, 0) is 31.5 Å². The van der Waals surface area contributed by atoms with Gasteiger partial charge in [-0.2, -0.15) is 0 Å². The standard InChI is InChI=1S/C18H27N3O3/c22-15(14-24-16-5-2-1-3-6-16)13-20-9-11-21(12-10-20)18(23)17-7-4-8-19-17/h1-3,5-6,15,17,19,22H,4,7-14H2/t15?,17-/m0/s1. The predicted molar refractivity (Wildman–Crippen MR) is 92.0 cm³/mol. The highest BCUT2D eigenvalue weighted by atomic mass is 16.5. The molecule has 0 bridgehead atoms. The van der Waals surface area contributed by atoms with Crippen molar-refractivity contribution < 1.29 is 14.6 Å². The van der Waals surface area contributed by atoms with Crippen molar-refractivity contribution >= 4 is 5.91 Å². The molecule has 2 fully saturated rings. The van der Waals surface area contributed by atoms with Gasteiger partial charge >= 0.3 is 0 Å². The number of ether oxygens (including phenoxy) is 1. The van der Waals surface area contributed by atoms with E-state index in [2.05, 4.69) is 10.2 Å². The van der Waals surface area contributed by atoms with Crippen LogP contribution >= 0.6 is 0 Å². The molecule has 2 aliphatic rings. The van der Waals surface area contributed by atoms with Crippen molar-refractivity contribution in [3.8, 4) is 5.75 Å². The van der Waals surface area contributed by atoms with Crippen molar-refractivity contribution in [3.63, 3.8) is 0 Å². The molecule has 0 radical (unpaired) electrons. The minimum Gasteiger partial charge on any atom is -0.491 e. The highest BCUT2D eigenvalue weighted by Crippen LogP contribution is 2.12. The van der Waals surface area contributed by atoms with Crippen LogP contribution in [0.3, 0.4) is 0 Å². The first-order valence-electron chi connectivity index (χ1n) is 8.83. The molecular formula is C18H27N3O3. The number of para-hydroxylation sites is 1. The summed E-state index contributed by atoms with van der Waals surface area (Å²) in [7, 11) is 0. The number of carbonyl (C=O) groups is 1. The van der Waals surface area contributed by atoms with Gasteiger partial charge in [0.2, 0.25) is 5.91 Å². The molecule has 0 spiro atoms. The maximum absolute atomic E-state index is 12.4. The Balaban J connectivity index is 1.36. The Morgan fingerprint density at radius 2 is 2.00 bits per heavy atom. The van der Waals surface area contributed by atoms with Crippen LogP contribution in [-0.4, -0.2) is 78.8 Å². The van der Waals surface area contributed by atoms with Crippen LogP contribution in [-0.2, 0) is 4.79 Å². The summed E-state index contributed by atoms with van der Waals surface area (Å²) in [6.07, 6.45) is 1.52. The van der Waals surface area contributed by atoms with Gasteiger partial charge in [-0.15, -0.1) is 0 Å². The number of rotatable bonds is 6. The molecule has 1 amide bonds. The zero-order valence-electron chi connectivity index (χ0n) is 14.1. The van der Waals surface area contributed by atoms with Gasteiger partial charge in [-0.3, -0.25) is 9.69 Å². The molecule has 6 nitrogen and oxygen atoms in total. The summed E-state index contributed by atoms with van der Waals surface area (Å²) in [6, 6.07) is 9.54. The zero-order valence-corrected chi connectivity index (χ0v) is 14.1. The van der Waals surface area contributed by atoms with Crippen LogP contribution in [0.1, 0.15) is 12.8 Å². The van der Waals surface area contributed by atoms with Crippen LogP contribution < -0.4 is 10.1 Å². The first-order valence-corrected chi connectivity index (χ1v) is 8.83. The number of aliphatic hydroxyl groups excluding tert-OH is 1. The SMILES string of the molecule is O=C([C@@H]1CCCN1)N1CCN(CC(O)COc2ccccc2)CC1. The van der Waals surface area contributed by atoms with Crippen LogP contribution in [0.5, 0.6) is 5.75 Å². The van der Waals surface area contributed by atoms with E-state index in [1.54, 1.807) is 0 Å². The maximum Gasteiger partial charge on any atom is 0.239 e. The van der Waals surface area contributed by atoms with Gasteiger partial charge in [0.25, 0.3) is 0 Å². The van der Waals surface area contributed by atoms with Gasteiger partial charge in [0.1, 0.15) is 18.5 Å². The summed E-state index contributed by atoms with van der Waals surface area (Å²) in [5, 5.41) is 13.4. The molecule has 2 aliphatic heterocycles. The third-order valence-electron chi connectivity index (χ3n) is 4.70. The Kier molecular flexibility index (Phi) is 6.07. The van der Waals surface area contributed by atoms with Crippen molar-refractivity contribution in [1.29, 1.82) is 0 Å². The number of β-amino-alcohol motifs (C(OH)–C–C–N with tert-alkyl or cyclic N) is 1. The van der Waals surface area contributed by atoms with Crippen LogP contribution in [0, 0.1) is 0 Å². The number of amides is 1. The lowest BCUT2D eigenvalue weighted by molar-refractivity contribution is -0.135. The molecular weight excluding hydrogens is 306 g/mol. The first kappa shape index (κ1) is 17.2.